The van der Waals surface area contributed by atoms with Crippen LogP contribution in [0, 0.1) is 34.5 Å². The highest BCUT2D eigenvalue weighted by atomic mass is 16.6. The van der Waals surface area contributed by atoms with Crippen LogP contribution in [0.4, 0.5) is 0 Å². The number of hydrogen-bond donors (Lipinski definition) is 1. The molecular formula is C48H83NO9. The molecule has 0 aromatic heterocycles. The quantitative estimate of drug-likeness (QED) is 0.0400. The van der Waals surface area contributed by atoms with Crippen LogP contribution in [-0.4, -0.2) is 63.5 Å². The molecule has 10 nitrogen and oxygen atoms in total. The van der Waals surface area contributed by atoms with Crippen molar-refractivity contribution >= 4 is 23.9 Å². The number of nitrogens with two attached hydrogens (primary N) is 1. The summed E-state index contributed by atoms with van der Waals surface area (Å²) in [5.41, 5.74) is 4.34. The van der Waals surface area contributed by atoms with Crippen LogP contribution in [0.1, 0.15) is 171 Å². The molecule has 5 unspecified atom stereocenters. The molecule has 0 saturated heterocycles. The molecule has 0 fully saturated rings. The number of carbonyl (C=O) groups is 4. The first-order valence-electron chi connectivity index (χ1n) is 22.8. The predicted octanol–water partition coefficient (Wildman–Crippen LogP) is 10.8. The van der Waals surface area contributed by atoms with E-state index in [1.54, 1.807) is 0 Å². The van der Waals surface area contributed by atoms with Crippen LogP contribution in [0.5, 0.6) is 5.75 Å². The van der Waals surface area contributed by atoms with E-state index in [2.05, 4.69) is 13.8 Å². The van der Waals surface area contributed by atoms with E-state index >= 15 is 0 Å². The van der Waals surface area contributed by atoms with Crippen LogP contribution in [0.15, 0.2) is 30.3 Å². The maximum absolute atomic E-state index is 13.7. The number of hydrogen-bond acceptors (Lipinski definition) is 10. The minimum atomic E-state index is -0.736. The minimum Gasteiger partial charge on any atom is -0.490 e. The monoisotopic (exact) mass is 818 g/mol. The number of carbonyl (C=O) groups excluding carboxylic acids is 4. The van der Waals surface area contributed by atoms with Crippen molar-refractivity contribution in [2.75, 3.05) is 39.6 Å². The molecule has 1 rings (SSSR count). The summed E-state index contributed by atoms with van der Waals surface area (Å²) >= 11 is 0. The second-order valence-corrected chi connectivity index (χ2v) is 17.3. The predicted molar refractivity (Wildman–Crippen MR) is 232 cm³/mol. The zero-order valence-electron chi connectivity index (χ0n) is 37.9. The molecule has 1 aromatic carbocycles. The molecule has 10 heteroatoms. The molecule has 0 aliphatic carbocycles. The first kappa shape index (κ1) is 52.9. The van der Waals surface area contributed by atoms with Gasteiger partial charge < -0.3 is 29.4 Å². The van der Waals surface area contributed by atoms with Crippen molar-refractivity contribution in [1.29, 1.82) is 0 Å². The Labute approximate surface area is 352 Å². The molecule has 0 heterocycles. The Hall–Kier alpha value is -3.14. The fraction of sp³-hybridized carbons (Fsp3) is 0.792. The lowest BCUT2D eigenvalue weighted by Gasteiger charge is -2.29. The topological polar surface area (TPSA) is 140 Å². The summed E-state index contributed by atoms with van der Waals surface area (Å²) in [5.74, 6) is 0.238. The second-order valence-electron chi connectivity index (χ2n) is 17.3. The molecule has 0 spiro atoms. The van der Waals surface area contributed by atoms with Crippen LogP contribution in [0.25, 0.3) is 0 Å². The molecule has 0 bridgehead atoms. The third-order valence-corrected chi connectivity index (χ3v) is 11.8. The fourth-order valence-electron chi connectivity index (χ4n) is 7.23. The Morgan fingerprint density at radius 3 is 1.74 bits per heavy atom. The second kappa shape index (κ2) is 30.8. The summed E-state index contributed by atoms with van der Waals surface area (Å²) in [7, 11) is 0. The van der Waals surface area contributed by atoms with Gasteiger partial charge in [0.1, 0.15) is 25.6 Å². The molecule has 2 N–H and O–H groups in total. The summed E-state index contributed by atoms with van der Waals surface area (Å²) in [6.45, 7) is 18.1. The van der Waals surface area contributed by atoms with E-state index in [0.717, 1.165) is 82.8 Å². The summed E-state index contributed by atoms with van der Waals surface area (Å²) in [6, 6.07) is 9.44. The Morgan fingerprint density at radius 2 is 1.17 bits per heavy atom. The van der Waals surface area contributed by atoms with E-state index in [4.69, 9.17) is 29.4 Å². The highest BCUT2D eigenvalue weighted by Crippen LogP contribution is 2.36. The number of unbranched alkanes of at least 4 members (excludes halogenated alkanes) is 4. The van der Waals surface area contributed by atoms with Crippen molar-refractivity contribution < 1.29 is 42.9 Å². The van der Waals surface area contributed by atoms with E-state index in [0.29, 0.717) is 57.7 Å². The summed E-state index contributed by atoms with van der Waals surface area (Å²) in [6.07, 6.45) is 14.4. The summed E-state index contributed by atoms with van der Waals surface area (Å²) in [4.78, 5) is 52.7. The number of esters is 4. The molecular weight excluding hydrogens is 735 g/mol. The largest absolute Gasteiger partial charge is 0.490 e. The van der Waals surface area contributed by atoms with Gasteiger partial charge in [-0.25, -0.2) is 0 Å². The van der Waals surface area contributed by atoms with Gasteiger partial charge in [-0.15, -0.1) is 0 Å². The van der Waals surface area contributed by atoms with E-state index < -0.39 is 10.8 Å². The molecule has 0 aliphatic heterocycles. The Kier molecular flexibility index (Phi) is 28.1. The van der Waals surface area contributed by atoms with Crippen molar-refractivity contribution in [1.82, 2.24) is 0 Å². The fourth-order valence-corrected chi connectivity index (χ4v) is 7.23. The van der Waals surface area contributed by atoms with Crippen LogP contribution in [0.3, 0.4) is 0 Å². The number of rotatable bonds is 35. The lowest BCUT2D eigenvalue weighted by molar-refractivity contribution is -0.158. The van der Waals surface area contributed by atoms with Crippen LogP contribution in [-0.2, 0) is 38.1 Å². The SMILES string of the molecule is CCCCC(CC)COC(=O)C(CC)CCCCC(CCCCC(C)(CCCCC(C)(CC)C(=O)OCC(C)C)C(=O)OCCOc1ccccc1)C(=O)OCCN. The molecule has 1 aromatic rings. The lowest BCUT2D eigenvalue weighted by Crippen LogP contribution is -2.32. The van der Waals surface area contributed by atoms with E-state index in [1.807, 2.05) is 71.9 Å². The maximum atomic E-state index is 13.7. The van der Waals surface area contributed by atoms with Gasteiger partial charge in [0.2, 0.25) is 0 Å². The van der Waals surface area contributed by atoms with Gasteiger partial charge in [-0.1, -0.05) is 118 Å². The zero-order chi connectivity index (χ0) is 43.2. The summed E-state index contributed by atoms with van der Waals surface area (Å²) in [5, 5.41) is 0. The van der Waals surface area contributed by atoms with Crippen LogP contribution < -0.4 is 10.5 Å². The molecule has 0 amide bonds. The third-order valence-electron chi connectivity index (χ3n) is 11.8. The zero-order valence-corrected chi connectivity index (χ0v) is 37.9. The Morgan fingerprint density at radius 1 is 0.603 bits per heavy atom. The minimum absolute atomic E-state index is 0.106. The average Bonchev–Trinajstić information content (AvgIpc) is 3.22. The highest BCUT2D eigenvalue weighted by Gasteiger charge is 2.36. The first-order chi connectivity index (χ1) is 27.8. The van der Waals surface area contributed by atoms with Crippen LogP contribution >= 0.6 is 0 Å². The van der Waals surface area contributed by atoms with Gasteiger partial charge in [-0.2, -0.15) is 0 Å². The molecule has 334 valence electrons. The number of ether oxygens (including phenoxy) is 5. The molecule has 0 saturated carbocycles. The lowest BCUT2D eigenvalue weighted by atomic mass is 9.77. The Balaban J connectivity index is 2.84. The van der Waals surface area contributed by atoms with Crippen molar-refractivity contribution in [3.63, 3.8) is 0 Å². The first-order valence-corrected chi connectivity index (χ1v) is 22.8. The van der Waals surface area contributed by atoms with E-state index in [1.165, 1.54) is 0 Å². The standard InChI is InChI=1S/C48H83NO9/c1-9-13-23-39(10-2)37-57-43(50)40(11-3)24-17-18-25-41(44(51)55-33-32-49)26-19-20-30-48(8,46(53)56-35-34-54-42-27-15-14-16-28-42)31-22-21-29-47(7,12-4)45(52)58-36-38(5)6/h14-16,27-28,38-41H,9-13,17-26,29-37,49H2,1-8H3. The highest BCUT2D eigenvalue weighted by molar-refractivity contribution is 5.77. The van der Waals surface area contributed by atoms with Crippen molar-refractivity contribution in [3.8, 4) is 5.75 Å². The smallest absolute Gasteiger partial charge is 0.311 e. The van der Waals surface area contributed by atoms with Crippen molar-refractivity contribution in [2.45, 2.75) is 171 Å². The van der Waals surface area contributed by atoms with Crippen molar-refractivity contribution in [2.24, 2.45) is 40.2 Å². The van der Waals surface area contributed by atoms with Crippen molar-refractivity contribution in [3.05, 3.63) is 30.3 Å². The molecule has 5 atom stereocenters. The average molecular weight is 818 g/mol. The van der Waals surface area contributed by atoms with Gasteiger partial charge in [0, 0.05) is 6.54 Å². The van der Waals surface area contributed by atoms with Gasteiger partial charge in [0.15, 0.2) is 0 Å². The Bertz CT molecular complexity index is 1260. The number of benzene rings is 1. The van der Waals surface area contributed by atoms with Gasteiger partial charge in [-0.3, -0.25) is 19.2 Å². The van der Waals surface area contributed by atoms with Gasteiger partial charge in [0.05, 0.1) is 35.9 Å². The molecule has 0 aliphatic rings. The van der Waals surface area contributed by atoms with E-state index in [-0.39, 0.29) is 68.0 Å². The van der Waals surface area contributed by atoms with Crippen LogP contribution in [0.2, 0.25) is 0 Å². The van der Waals surface area contributed by atoms with Gasteiger partial charge >= 0.3 is 23.9 Å². The van der Waals surface area contributed by atoms with Gasteiger partial charge in [0.25, 0.3) is 0 Å². The maximum Gasteiger partial charge on any atom is 0.311 e. The van der Waals surface area contributed by atoms with E-state index in [9.17, 15) is 19.2 Å². The number of para-hydroxylation sites is 1. The summed E-state index contributed by atoms with van der Waals surface area (Å²) < 4.78 is 28.4. The normalized spacial score (nSPS) is 15.1. The third kappa shape index (κ3) is 21.7. The molecule has 0 radical (unpaired) electrons. The van der Waals surface area contributed by atoms with Gasteiger partial charge in [-0.05, 0) is 95.6 Å². The molecule has 58 heavy (non-hydrogen) atoms.